The van der Waals surface area contributed by atoms with Crippen LogP contribution < -0.4 is 4.74 Å². The molecule has 1 fully saturated rings. The monoisotopic (exact) mass is 700 g/mol. The molecule has 0 bridgehead atoms. The van der Waals surface area contributed by atoms with Gasteiger partial charge >= 0.3 is 6.11 Å². The van der Waals surface area contributed by atoms with Crippen LogP contribution >= 0.6 is 0 Å². The molecule has 4 aromatic rings. The fraction of sp³-hybridized carbons (Fsp3) is 0.366. The summed E-state index contributed by atoms with van der Waals surface area (Å²) in [5.41, 5.74) is -2.02. The molecule has 0 radical (unpaired) electrons. The summed E-state index contributed by atoms with van der Waals surface area (Å²) in [4.78, 5) is 0. The van der Waals surface area contributed by atoms with Gasteiger partial charge in [0.25, 0.3) is 0 Å². The highest BCUT2D eigenvalue weighted by Crippen LogP contribution is 2.41. The van der Waals surface area contributed by atoms with E-state index in [-0.39, 0.29) is 40.2 Å². The van der Waals surface area contributed by atoms with Crippen molar-refractivity contribution >= 4 is 0 Å². The predicted octanol–water partition coefficient (Wildman–Crippen LogP) is 13.3. The third-order valence-electron chi connectivity index (χ3n) is 9.61. The fourth-order valence-corrected chi connectivity index (χ4v) is 6.88. The first-order valence-corrected chi connectivity index (χ1v) is 17.2. The molecule has 0 unspecified atom stereocenters. The molecule has 50 heavy (non-hydrogen) atoms. The Morgan fingerprint density at radius 2 is 1.28 bits per heavy atom. The number of halogens is 8. The van der Waals surface area contributed by atoms with Crippen LogP contribution in [0, 0.1) is 40.8 Å². The molecule has 0 aromatic heterocycles. The Morgan fingerprint density at radius 3 is 1.84 bits per heavy atom. The zero-order valence-corrected chi connectivity index (χ0v) is 28.1. The SMILES string of the molecule is C/C=C/CCc1c(F)cc(-c2ccc(OC(F)(F)c3c(F)cc(-c4ccc(C5CCC(CCCCC)CC5)cc4F)cc3F)cc2F)cc1F. The molecule has 0 N–H and O–H groups in total. The van der Waals surface area contributed by atoms with Gasteiger partial charge in [-0.25, -0.2) is 26.3 Å². The predicted molar refractivity (Wildman–Crippen MR) is 180 cm³/mol. The minimum absolute atomic E-state index is 0.0854. The Morgan fingerprint density at radius 1 is 0.700 bits per heavy atom. The van der Waals surface area contributed by atoms with Crippen LogP contribution in [0.1, 0.15) is 94.2 Å². The van der Waals surface area contributed by atoms with Gasteiger partial charge in [0, 0.05) is 22.8 Å². The molecule has 1 saturated carbocycles. The summed E-state index contributed by atoms with van der Waals surface area (Å²) < 4.78 is 125. The lowest BCUT2D eigenvalue weighted by Crippen LogP contribution is -2.25. The van der Waals surface area contributed by atoms with Crippen molar-refractivity contribution in [1.29, 1.82) is 0 Å². The maximum atomic E-state index is 15.3. The van der Waals surface area contributed by atoms with Gasteiger partial charge in [-0.05, 0) is 116 Å². The van der Waals surface area contributed by atoms with Crippen LogP contribution in [0.2, 0.25) is 0 Å². The van der Waals surface area contributed by atoms with Gasteiger partial charge in [-0.2, -0.15) is 8.78 Å². The Balaban J connectivity index is 1.30. The molecular weight excluding hydrogens is 660 g/mol. The molecule has 0 saturated heterocycles. The Kier molecular flexibility index (Phi) is 12.1. The van der Waals surface area contributed by atoms with Gasteiger partial charge in [-0.1, -0.05) is 56.9 Å². The molecule has 0 atom stereocenters. The number of hydrogen-bond donors (Lipinski definition) is 0. The number of hydrogen-bond acceptors (Lipinski definition) is 1. The Hall–Kier alpha value is -4.14. The van der Waals surface area contributed by atoms with Crippen LogP contribution in [0.4, 0.5) is 35.1 Å². The molecule has 0 aliphatic heterocycles. The van der Waals surface area contributed by atoms with Crippen molar-refractivity contribution < 1.29 is 39.9 Å². The van der Waals surface area contributed by atoms with E-state index in [4.69, 9.17) is 0 Å². The van der Waals surface area contributed by atoms with E-state index in [9.17, 15) is 8.78 Å². The molecule has 1 aliphatic rings. The van der Waals surface area contributed by atoms with Crippen LogP contribution in [0.25, 0.3) is 22.3 Å². The summed E-state index contributed by atoms with van der Waals surface area (Å²) in [6.07, 6.45) is 8.14. The lowest BCUT2D eigenvalue weighted by molar-refractivity contribution is -0.189. The van der Waals surface area contributed by atoms with Crippen LogP contribution in [0.3, 0.4) is 0 Å². The van der Waals surface area contributed by atoms with Crippen molar-refractivity contribution in [2.75, 3.05) is 0 Å². The number of alkyl halides is 2. The quantitative estimate of drug-likeness (QED) is 0.0766. The molecule has 5 rings (SSSR count). The van der Waals surface area contributed by atoms with Crippen molar-refractivity contribution in [3.63, 3.8) is 0 Å². The van der Waals surface area contributed by atoms with E-state index in [0.717, 1.165) is 55.5 Å². The third kappa shape index (κ3) is 8.59. The summed E-state index contributed by atoms with van der Waals surface area (Å²) in [5, 5.41) is 0. The van der Waals surface area contributed by atoms with E-state index in [1.807, 2.05) is 0 Å². The lowest BCUT2D eigenvalue weighted by atomic mass is 9.77. The van der Waals surface area contributed by atoms with Crippen LogP contribution in [-0.2, 0) is 12.5 Å². The molecule has 0 heterocycles. The lowest BCUT2D eigenvalue weighted by Gasteiger charge is -2.29. The Bertz CT molecular complexity index is 1780. The van der Waals surface area contributed by atoms with Crippen LogP contribution in [-0.4, -0.2) is 0 Å². The molecule has 266 valence electrons. The zero-order chi connectivity index (χ0) is 36.0. The van der Waals surface area contributed by atoms with Gasteiger partial charge in [0.2, 0.25) is 0 Å². The second kappa shape index (κ2) is 16.3. The maximum Gasteiger partial charge on any atom is 0.432 e. The highest BCUT2D eigenvalue weighted by atomic mass is 19.3. The summed E-state index contributed by atoms with van der Waals surface area (Å²) in [5.74, 6) is -6.99. The fourth-order valence-electron chi connectivity index (χ4n) is 6.88. The third-order valence-corrected chi connectivity index (χ3v) is 9.61. The average Bonchev–Trinajstić information content (AvgIpc) is 3.05. The normalized spacial score (nSPS) is 16.7. The second-order valence-corrected chi connectivity index (χ2v) is 13.1. The van der Waals surface area contributed by atoms with E-state index in [1.165, 1.54) is 37.8 Å². The first-order chi connectivity index (χ1) is 23.9. The van der Waals surface area contributed by atoms with Crippen LogP contribution in [0.5, 0.6) is 5.75 Å². The highest BCUT2D eigenvalue weighted by molar-refractivity contribution is 5.67. The first kappa shape index (κ1) is 37.1. The average molecular weight is 701 g/mol. The number of unbranched alkanes of at least 4 members (excludes halogenated alkanes) is 2. The molecule has 0 amide bonds. The van der Waals surface area contributed by atoms with Gasteiger partial charge < -0.3 is 4.74 Å². The summed E-state index contributed by atoms with van der Waals surface area (Å²) in [6, 6.07) is 9.92. The molecular formula is C41H40F8O. The number of rotatable bonds is 13. The van der Waals surface area contributed by atoms with Crippen molar-refractivity contribution in [2.45, 2.75) is 90.1 Å². The van der Waals surface area contributed by atoms with Crippen molar-refractivity contribution in [3.05, 3.63) is 124 Å². The van der Waals surface area contributed by atoms with E-state index in [1.54, 1.807) is 25.1 Å². The van der Waals surface area contributed by atoms with E-state index in [2.05, 4.69) is 11.7 Å². The Labute approximate surface area is 288 Å². The highest BCUT2D eigenvalue weighted by Gasteiger charge is 2.41. The second-order valence-electron chi connectivity index (χ2n) is 13.1. The van der Waals surface area contributed by atoms with Crippen molar-refractivity contribution in [1.82, 2.24) is 0 Å². The number of ether oxygens (including phenoxy) is 1. The largest absolute Gasteiger partial charge is 0.432 e. The molecule has 4 aromatic carbocycles. The molecule has 0 spiro atoms. The van der Waals surface area contributed by atoms with Gasteiger partial charge in [-0.3, -0.25) is 0 Å². The van der Waals surface area contributed by atoms with E-state index < -0.39 is 52.3 Å². The van der Waals surface area contributed by atoms with E-state index >= 15 is 26.3 Å². The zero-order valence-electron chi connectivity index (χ0n) is 28.1. The summed E-state index contributed by atoms with van der Waals surface area (Å²) >= 11 is 0. The molecule has 1 nitrogen and oxygen atoms in total. The minimum Gasteiger partial charge on any atom is -0.429 e. The smallest absolute Gasteiger partial charge is 0.429 e. The summed E-state index contributed by atoms with van der Waals surface area (Å²) in [7, 11) is 0. The number of benzene rings is 4. The summed E-state index contributed by atoms with van der Waals surface area (Å²) in [6.45, 7) is 3.94. The van der Waals surface area contributed by atoms with Crippen molar-refractivity contribution in [3.8, 4) is 28.0 Å². The molecule has 1 aliphatic carbocycles. The van der Waals surface area contributed by atoms with Gasteiger partial charge in [-0.15, -0.1) is 0 Å². The van der Waals surface area contributed by atoms with Gasteiger partial charge in [0.1, 0.15) is 46.2 Å². The van der Waals surface area contributed by atoms with Gasteiger partial charge in [0.05, 0.1) is 0 Å². The standard InChI is InChI=1S/C41H40F8O/c1-3-5-7-9-25-11-13-26(14-12-25)27-15-17-31(34(42)19-27)29-22-38(46)40(39(47)23-29)41(48,49)50-30-16-18-32(37(45)24-30)28-20-35(43)33(36(44)21-28)10-8-6-4-2/h4,6,15-26H,3,5,7-14H2,1-2H3/b6-4+. The van der Waals surface area contributed by atoms with E-state index in [0.29, 0.717) is 30.5 Å². The molecule has 9 heteroatoms. The van der Waals surface area contributed by atoms with Crippen LogP contribution in [0.15, 0.2) is 72.8 Å². The topological polar surface area (TPSA) is 9.23 Å². The maximum absolute atomic E-state index is 15.3. The first-order valence-electron chi connectivity index (χ1n) is 17.2. The van der Waals surface area contributed by atoms with Crippen molar-refractivity contribution in [2.24, 2.45) is 5.92 Å². The minimum atomic E-state index is -4.61. The van der Waals surface area contributed by atoms with Gasteiger partial charge in [0.15, 0.2) is 0 Å². The number of allylic oxidation sites excluding steroid dienone is 2.